The third-order valence-corrected chi connectivity index (χ3v) is 3.37. The van der Waals surface area contributed by atoms with Gasteiger partial charge < -0.3 is 11.1 Å². The molecule has 0 aliphatic carbocycles. The zero-order chi connectivity index (χ0) is 12.7. The second-order valence-electron chi connectivity index (χ2n) is 3.88. The van der Waals surface area contributed by atoms with Crippen LogP contribution in [0.1, 0.15) is 13.8 Å². The first-order valence-corrected chi connectivity index (χ1v) is 6.44. The van der Waals surface area contributed by atoms with Crippen LogP contribution in [0.25, 0.3) is 0 Å². The number of ketones is 2. The highest BCUT2D eigenvalue weighted by atomic mass is 32.1. The molecular formula is C10H20N2O2S2. The molecule has 0 saturated heterocycles. The minimum absolute atomic E-state index is 0.00814. The summed E-state index contributed by atoms with van der Waals surface area (Å²) in [6, 6.07) is -0.914. The molecule has 0 rings (SSSR count). The SMILES string of the molecule is CC(=O)[C@@H](NCC(=O)[C@@H](N)CS)[C@@H](C)CS. The van der Waals surface area contributed by atoms with Gasteiger partial charge in [-0.05, 0) is 18.6 Å². The zero-order valence-corrected chi connectivity index (χ0v) is 11.4. The Balaban J connectivity index is 4.23. The van der Waals surface area contributed by atoms with Crippen LogP contribution >= 0.6 is 25.3 Å². The summed E-state index contributed by atoms with van der Waals surface area (Å²) in [7, 11) is 0. The second-order valence-corrected chi connectivity index (χ2v) is 4.61. The Morgan fingerprint density at radius 3 is 2.25 bits per heavy atom. The van der Waals surface area contributed by atoms with Crippen LogP contribution in [0.15, 0.2) is 0 Å². The maximum absolute atomic E-state index is 11.4. The van der Waals surface area contributed by atoms with Crippen LogP contribution < -0.4 is 11.1 Å². The van der Waals surface area contributed by atoms with E-state index in [1.807, 2.05) is 6.92 Å². The Hall–Kier alpha value is -0.0400. The highest BCUT2D eigenvalue weighted by Crippen LogP contribution is 2.06. The fourth-order valence-corrected chi connectivity index (χ4v) is 1.71. The molecule has 0 aromatic rings. The molecule has 0 radical (unpaired) electrons. The first-order valence-electron chi connectivity index (χ1n) is 5.17. The van der Waals surface area contributed by atoms with Gasteiger partial charge in [-0.15, -0.1) is 0 Å². The summed E-state index contributed by atoms with van der Waals surface area (Å²) in [4.78, 5) is 22.8. The third-order valence-electron chi connectivity index (χ3n) is 2.40. The molecule has 16 heavy (non-hydrogen) atoms. The van der Waals surface area contributed by atoms with Crippen LogP contribution in [0.4, 0.5) is 0 Å². The third kappa shape index (κ3) is 5.34. The van der Waals surface area contributed by atoms with E-state index in [9.17, 15) is 9.59 Å². The Bertz CT molecular complexity index is 249. The van der Waals surface area contributed by atoms with Crippen LogP contribution in [0, 0.1) is 5.92 Å². The molecule has 0 saturated carbocycles. The molecule has 3 atom stereocenters. The second kappa shape index (κ2) is 8.11. The van der Waals surface area contributed by atoms with Gasteiger partial charge in [-0.2, -0.15) is 25.3 Å². The van der Waals surface area contributed by atoms with Crippen molar-refractivity contribution in [2.45, 2.75) is 25.9 Å². The minimum Gasteiger partial charge on any atom is -0.321 e. The average Bonchev–Trinajstić information content (AvgIpc) is 2.26. The van der Waals surface area contributed by atoms with E-state index in [-0.39, 0.29) is 30.1 Å². The van der Waals surface area contributed by atoms with Gasteiger partial charge in [0.2, 0.25) is 0 Å². The summed E-state index contributed by atoms with van der Waals surface area (Å²) in [6.07, 6.45) is 0. The normalized spacial score (nSPS) is 16.6. The van der Waals surface area contributed by atoms with E-state index in [1.54, 1.807) is 0 Å². The lowest BCUT2D eigenvalue weighted by Crippen LogP contribution is -2.47. The van der Waals surface area contributed by atoms with Gasteiger partial charge in [0, 0.05) is 5.75 Å². The number of carbonyl (C=O) groups is 2. The number of thiol groups is 2. The van der Waals surface area contributed by atoms with Crippen molar-refractivity contribution >= 4 is 36.8 Å². The number of hydrogen-bond donors (Lipinski definition) is 4. The van der Waals surface area contributed by atoms with Crippen molar-refractivity contribution in [3.63, 3.8) is 0 Å². The standard InChI is InChI=1S/C10H20N2O2S2/c1-6(4-15)10(7(2)13)12-3-9(14)8(11)5-16/h6,8,10,12,15-16H,3-5,11H2,1-2H3/t6-,8-,10-/m0/s1. The van der Waals surface area contributed by atoms with Gasteiger partial charge in [-0.3, -0.25) is 9.59 Å². The van der Waals surface area contributed by atoms with E-state index >= 15 is 0 Å². The van der Waals surface area contributed by atoms with Crippen molar-refractivity contribution in [1.29, 1.82) is 0 Å². The average molecular weight is 264 g/mol. The zero-order valence-electron chi connectivity index (χ0n) is 9.64. The molecule has 0 spiro atoms. The minimum atomic E-state index is -0.574. The summed E-state index contributed by atoms with van der Waals surface area (Å²) < 4.78 is 0. The van der Waals surface area contributed by atoms with E-state index in [0.29, 0.717) is 11.5 Å². The molecule has 0 bridgehead atoms. The predicted molar refractivity (Wildman–Crippen MR) is 72.3 cm³/mol. The van der Waals surface area contributed by atoms with E-state index < -0.39 is 6.04 Å². The van der Waals surface area contributed by atoms with Crippen LogP contribution in [0.2, 0.25) is 0 Å². The molecule has 0 fully saturated rings. The van der Waals surface area contributed by atoms with Gasteiger partial charge in [-0.1, -0.05) is 6.92 Å². The highest BCUT2D eigenvalue weighted by molar-refractivity contribution is 7.80. The lowest BCUT2D eigenvalue weighted by Gasteiger charge is -2.21. The molecule has 0 aliphatic rings. The van der Waals surface area contributed by atoms with Gasteiger partial charge in [0.25, 0.3) is 0 Å². The predicted octanol–water partition coefficient (Wildman–Crippen LogP) is -0.0743. The number of Topliss-reactive ketones (excluding diaryl/α,β-unsaturated/α-hetero) is 2. The molecule has 0 amide bonds. The molecule has 0 aromatic carbocycles. The van der Waals surface area contributed by atoms with Crippen LogP contribution in [0.3, 0.4) is 0 Å². The summed E-state index contributed by atoms with van der Waals surface area (Å²) in [5.41, 5.74) is 5.52. The molecule has 6 heteroatoms. The molecule has 0 unspecified atom stereocenters. The molecule has 0 aromatic heterocycles. The van der Waals surface area contributed by atoms with Gasteiger partial charge in [0.1, 0.15) is 5.78 Å². The topological polar surface area (TPSA) is 72.2 Å². The summed E-state index contributed by atoms with van der Waals surface area (Å²) in [5.74, 6) is 0.861. The monoisotopic (exact) mass is 264 g/mol. The maximum Gasteiger partial charge on any atom is 0.164 e. The van der Waals surface area contributed by atoms with Crippen LogP contribution in [0.5, 0.6) is 0 Å². The Morgan fingerprint density at radius 1 is 1.31 bits per heavy atom. The van der Waals surface area contributed by atoms with Crippen LogP contribution in [-0.2, 0) is 9.59 Å². The molecule has 3 N–H and O–H groups in total. The van der Waals surface area contributed by atoms with Gasteiger partial charge in [-0.25, -0.2) is 0 Å². The van der Waals surface area contributed by atoms with Crippen molar-refractivity contribution in [1.82, 2.24) is 5.32 Å². The number of carbonyl (C=O) groups excluding carboxylic acids is 2. The fraction of sp³-hybridized carbons (Fsp3) is 0.800. The Labute approximate surface area is 108 Å². The summed E-state index contributed by atoms with van der Waals surface area (Å²) in [6.45, 7) is 3.51. The molecule has 94 valence electrons. The molecule has 0 heterocycles. The van der Waals surface area contributed by atoms with Crippen molar-refractivity contribution in [3.8, 4) is 0 Å². The smallest absolute Gasteiger partial charge is 0.164 e. The van der Waals surface area contributed by atoms with Crippen molar-refractivity contribution in [2.24, 2.45) is 11.7 Å². The van der Waals surface area contributed by atoms with E-state index in [1.165, 1.54) is 6.92 Å². The largest absolute Gasteiger partial charge is 0.321 e. The quantitative estimate of drug-likeness (QED) is 0.463. The van der Waals surface area contributed by atoms with Gasteiger partial charge >= 0.3 is 0 Å². The van der Waals surface area contributed by atoms with Gasteiger partial charge in [0.05, 0.1) is 18.6 Å². The van der Waals surface area contributed by atoms with Crippen LogP contribution in [-0.4, -0.2) is 41.7 Å². The van der Waals surface area contributed by atoms with E-state index in [0.717, 1.165) is 0 Å². The van der Waals surface area contributed by atoms with Gasteiger partial charge in [0.15, 0.2) is 5.78 Å². The number of rotatable bonds is 8. The number of nitrogens with one attached hydrogen (secondary N) is 1. The van der Waals surface area contributed by atoms with Crippen molar-refractivity contribution in [2.75, 3.05) is 18.1 Å². The lowest BCUT2D eigenvalue weighted by molar-refractivity contribution is -0.121. The highest BCUT2D eigenvalue weighted by Gasteiger charge is 2.22. The summed E-state index contributed by atoms with van der Waals surface area (Å²) in [5, 5.41) is 2.92. The first kappa shape index (κ1) is 16.0. The Kier molecular flexibility index (Phi) is 8.09. The van der Waals surface area contributed by atoms with Crippen molar-refractivity contribution in [3.05, 3.63) is 0 Å². The number of nitrogens with two attached hydrogens (primary N) is 1. The molecule has 0 aliphatic heterocycles. The Morgan fingerprint density at radius 2 is 1.88 bits per heavy atom. The number of hydrogen-bond acceptors (Lipinski definition) is 6. The first-order chi connectivity index (χ1) is 7.43. The molecular weight excluding hydrogens is 244 g/mol. The van der Waals surface area contributed by atoms with Crippen molar-refractivity contribution < 1.29 is 9.59 Å². The lowest BCUT2D eigenvalue weighted by atomic mass is 10.0. The fourth-order valence-electron chi connectivity index (χ4n) is 1.29. The molecule has 4 nitrogen and oxygen atoms in total. The maximum atomic E-state index is 11.4. The van der Waals surface area contributed by atoms with E-state index in [4.69, 9.17) is 5.73 Å². The van der Waals surface area contributed by atoms with E-state index in [2.05, 4.69) is 30.6 Å². The summed E-state index contributed by atoms with van der Waals surface area (Å²) >= 11 is 8.09.